The number of halogens is 1. The van der Waals surface area contributed by atoms with Crippen LogP contribution in [0.25, 0.3) is 0 Å². The van der Waals surface area contributed by atoms with Crippen LogP contribution >= 0.6 is 0 Å². The van der Waals surface area contributed by atoms with Gasteiger partial charge in [-0.3, -0.25) is 4.90 Å². The third-order valence-electron chi connectivity index (χ3n) is 3.83. The maximum atomic E-state index is 14.0. The van der Waals surface area contributed by atoms with E-state index in [1.54, 1.807) is 6.07 Å². The van der Waals surface area contributed by atoms with E-state index < -0.39 is 0 Å². The number of benzene rings is 1. The number of anilines is 1. The summed E-state index contributed by atoms with van der Waals surface area (Å²) in [5, 5.41) is 9.03. The third-order valence-corrected chi connectivity index (χ3v) is 3.83. The highest BCUT2D eigenvalue weighted by Gasteiger charge is 2.20. The molecule has 0 radical (unpaired) electrons. The number of nitrogens with zero attached hydrogens (tertiary/aromatic N) is 2. The zero-order valence-electron chi connectivity index (χ0n) is 12.1. The summed E-state index contributed by atoms with van der Waals surface area (Å²) in [7, 11) is 0. The average Bonchev–Trinajstić information content (AvgIpc) is 2.64. The van der Waals surface area contributed by atoms with Gasteiger partial charge in [0, 0.05) is 43.5 Å². The maximum absolute atomic E-state index is 14.0. The predicted molar refractivity (Wildman–Crippen MR) is 79.4 cm³/mol. The van der Waals surface area contributed by atoms with E-state index in [0.717, 1.165) is 38.3 Å². The van der Waals surface area contributed by atoms with E-state index in [2.05, 4.69) is 9.80 Å². The van der Waals surface area contributed by atoms with Gasteiger partial charge in [0.25, 0.3) is 0 Å². The van der Waals surface area contributed by atoms with Crippen molar-refractivity contribution in [2.45, 2.75) is 19.4 Å². The average molecular weight is 281 g/mol. The van der Waals surface area contributed by atoms with E-state index in [1.807, 2.05) is 13.0 Å². The molecule has 1 aromatic carbocycles. The molecule has 0 bridgehead atoms. The number of aliphatic hydroxyl groups excluding tert-OH is 1. The second-order valence-electron chi connectivity index (χ2n) is 5.37. The molecule has 0 aliphatic carbocycles. The van der Waals surface area contributed by atoms with Crippen LogP contribution in [-0.4, -0.2) is 49.3 Å². The summed E-state index contributed by atoms with van der Waals surface area (Å²) in [5.41, 5.74) is 7.43. The largest absolute Gasteiger partial charge is 0.395 e. The van der Waals surface area contributed by atoms with Crippen molar-refractivity contribution in [2.75, 3.05) is 44.2 Å². The molecule has 0 aromatic heterocycles. The molecular formula is C15H24FN3O. The highest BCUT2D eigenvalue weighted by molar-refractivity contribution is 5.55. The van der Waals surface area contributed by atoms with Crippen LogP contribution in [0.1, 0.15) is 24.9 Å². The molecule has 1 fully saturated rings. The number of β-amino-alcohol motifs (C(OH)–C–C–N with tert-alkyl or cyclic N) is 1. The lowest BCUT2D eigenvalue weighted by atomic mass is 10.0. The fraction of sp³-hybridized carbons (Fsp3) is 0.600. The molecule has 0 amide bonds. The lowest BCUT2D eigenvalue weighted by molar-refractivity contribution is 0.204. The molecule has 1 aromatic rings. The van der Waals surface area contributed by atoms with Crippen molar-refractivity contribution < 1.29 is 9.50 Å². The Balaban J connectivity index is 2.17. The molecule has 1 atom stereocenters. The van der Waals surface area contributed by atoms with E-state index >= 15 is 0 Å². The van der Waals surface area contributed by atoms with E-state index in [-0.39, 0.29) is 18.5 Å². The summed E-state index contributed by atoms with van der Waals surface area (Å²) in [6, 6.07) is 4.84. The summed E-state index contributed by atoms with van der Waals surface area (Å²) in [4.78, 5) is 4.45. The van der Waals surface area contributed by atoms with Gasteiger partial charge in [-0.25, -0.2) is 4.39 Å². The topological polar surface area (TPSA) is 52.7 Å². The lowest BCUT2D eigenvalue weighted by Gasteiger charge is -2.27. The van der Waals surface area contributed by atoms with E-state index in [9.17, 15) is 4.39 Å². The Bertz CT molecular complexity index is 439. The second-order valence-corrected chi connectivity index (χ2v) is 5.37. The summed E-state index contributed by atoms with van der Waals surface area (Å²) < 4.78 is 14.0. The molecule has 1 heterocycles. The third kappa shape index (κ3) is 3.48. The zero-order chi connectivity index (χ0) is 14.5. The summed E-state index contributed by atoms with van der Waals surface area (Å²) >= 11 is 0. The molecule has 112 valence electrons. The Kier molecular flexibility index (Phi) is 5.34. The minimum atomic E-state index is -0.317. The fourth-order valence-corrected chi connectivity index (χ4v) is 2.83. The van der Waals surface area contributed by atoms with Crippen molar-refractivity contribution in [2.24, 2.45) is 5.73 Å². The van der Waals surface area contributed by atoms with Gasteiger partial charge in [-0.1, -0.05) is 6.07 Å². The Morgan fingerprint density at radius 1 is 1.30 bits per heavy atom. The van der Waals surface area contributed by atoms with Crippen molar-refractivity contribution in [3.63, 3.8) is 0 Å². The highest BCUT2D eigenvalue weighted by Crippen LogP contribution is 2.28. The zero-order valence-corrected chi connectivity index (χ0v) is 12.1. The van der Waals surface area contributed by atoms with Crippen molar-refractivity contribution in [1.29, 1.82) is 0 Å². The van der Waals surface area contributed by atoms with Gasteiger partial charge in [0.15, 0.2) is 0 Å². The van der Waals surface area contributed by atoms with Crippen LogP contribution in [-0.2, 0) is 0 Å². The van der Waals surface area contributed by atoms with Crippen LogP contribution in [0.5, 0.6) is 0 Å². The summed E-state index contributed by atoms with van der Waals surface area (Å²) in [6.45, 7) is 6.30. The van der Waals surface area contributed by atoms with Crippen molar-refractivity contribution in [3.8, 4) is 0 Å². The van der Waals surface area contributed by atoms with Crippen molar-refractivity contribution in [3.05, 3.63) is 29.6 Å². The van der Waals surface area contributed by atoms with Gasteiger partial charge in [0.1, 0.15) is 5.82 Å². The van der Waals surface area contributed by atoms with E-state index in [0.29, 0.717) is 12.1 Å². The van der Waals surface area contributed by atoms with Crippen LogP contribution in [0, 0.1) is 5.82 Å². The van der Waals surface area contributed by atoms with Crippen LogP contribution in [0.2, 0.25) is 0 Å². The number of nitrogens with two attached hydrogens (primary N) is 1. The first-order valence-electron chi connectivity index (χ1n) is 7.25. The first kappa shape index (κ1) is 15.2. The molecule has 2 rings (SSSR count). The number of rotatable bonds is 4. The predicted octanol–water partition coefficient (Wildman–Crippen LogP) is 1.35. The van der Waals surface area contributed by atoms with Crippen LogP contribution in [0.3, 0.4) is 0 Å². The first-order chi connectivity index (χ1) is 9.63. The van der Waals surface area contributed by atoms with Crippen LogP contribution in [0.15, 0.2) is 18.2 Å². The van der Waals surface area contributed by atoms with Gasteiger partial charge < -0.3 is 15.7 Å². The number of aliphatic hydroxyl groups is 1. The van der Waals surface area contributed by atoms with Gasteiger partial charge in [0.2, 0.25) is 0 Å². The molecule has 1 unspecified atom stereocenters. The maximum Gasteiger partial charge on any atom is 0.130 e. The number of hydrogen-bond acceptors (Lipinski definition) is 4. The van der Waals surface area contributed by atoms with Gasteiger partial charge in [-0.05, 0) is 32.0 Å². The smallest absolute Gasteiger partial charge is 0.130 e. The molecule has 1 aliphatic heterocycles. The number of hydrogen-bond donors (Lipinski definition) is 2. The Hall–Kier alpha value is -1.17. The molecule has 1 aliphatic rings. The quantitative estimate of drug-likeness (QED) is 0.875. The van der Waals surface area contributed by atoms with Gasteiger partial charge in [-0.2, -0.15) is 0 Å². The Labute approximate surface area is 120 Å². The molecule has 5 heteroatoms. The molecule has 4 nitrogen and oxygen atoms in total. The van der Waals surface area contributed by atoms with Crippen LogP contribution < -0.4 is 10.6 Å². The lowest BCUT2D eigenvalue weighted by Crippen LogP contribution is -2.33. The molecule has 0 saturated carbocycles. The highest BCUT2D eigenvalue weighted by atomic mass is 19.1. The van der Waals surface area contributed by atoms with E-state index in [1.165, 1.54) is 6.07 Å². The molecular weight excluding hydrogens is 257 g/mol. The molecule has 20 heavy (non-hydrogen) atoms. The second kappa shape index (κ2) is 7.02. The summed E-state index contributed by atoms with van der Waals surface area (Å²) in [6.07, 6.45) is 1.01. The molecule has 1 saturated heterocycles. The first-order valence-corrected chi connectivity index (χ1v) is 7.25. The van der Waals surface area contributed by atoms with E-state index in [4.69, 9.17) is 10.8 Å². The van der Waals surface area contributed by atoms with Crippen molar-refractivity contribution in [1.82, 2.24) is 4.90 Å². The monoisotopic (exact) mass is 281 g/mol. The van der Waals surface area contributed by atoms with Gasteiger partial charge in [-0.15, -0.1) is 0 Å². The SMILES string of the molecule is CC(N)c1c(F)cccc1N1CCCN(CCO)CC1. The van der Waals surface area contributed by atoms with Gasteiger partial charge >= 0.3 is 0 Å². The standard InChI is InChI=1S/C15H24FN3O/c1-12(17)15-13(16)4-2-5-14(15)19-7-3-6-18(8-9-19)10-11-20/h2,4-5,12,20H,3,6-11,17H2,1H3. The minimum Gasteiger partial charge on any atom is -0.395 e. The normalized spacial score (nSPS) is 18.9. The van der Waals surface area contributed by atoms with Crippen molar-refractivity contribution >= 4 is 5.69 Å². The Morgan fingerprint density at radius 2 is 2.10 bits per heavy atom. The molecule has 3 N–H and O–H groups in total. The van der Waals surface area contributed by atoms with Crippen LogP contribution in [0.4, 0.5) is 10.1 Å². The molecule has 0 spiro atoms. The minimum absolute atomic E-state index is 0.186. The Morgan fingerprint density at radius 3 is 2.80 bits per heavy atom. The summed E-state index contributed by atoms with van der Waals surface area (Å²) in [5.74, 6) is -0.228. The fourth-order valence-electron chi connectivity index (χ4n) is 2.83. The van der Waals surface area contributed by atoms with Gasteiger partial charge in [0.05, 0.1) is 6.61 Å².